The molecule has 0 heterocycles. The van der Waals surface area contributed by atoms with Crippen LogP contribution < -0.4 is 10.6 Å². The van der Waals surface area contributed by atoms with Crippen molar-refractivity contribution in [2.24, 2.45) is 17.6 Å². The molecule has 1 atom stereocenters. The minimum atomic E-state index is 0.0420. The van der Waals surface area contributed by atoms with Crippen LogP contribution in [0.15, 0.2) is 24.3 Å². The number of benzene rings is 1. The molecule has 1 rings (SSSR count). The zero-order valence-corrected chi connectivity index (χ0v) is 13.2. The average molecular weight is 287 g/mol. The highest BCUT2D eigenvalue weighted by atomic mass is 16.2. The van der Waals surface area contributed by atoms with Crippen molar-refractivity contribution in [3.8, 4) is 6.07 Å². The molecule has 4 heteroatoms. The second kappa shape index (κ2) is 8.43. The van der Waals surface area contributed by atoms with E-state index in [1.807, 2.05) is 6.07 Å². The predicted octanol–water partition coefficient (Wildman–Crippen LogP) is 2.92. The summed E-state index contributed by atoms with van der Waals surface area (Å²) in [6.45, 7) is 4.99. The van der Waals surface area contributed by atoms with Crippen molar-refractivity contribution in [3.05, 3.63) is 29.8 Å². The van der Waals surface area contributed by atoms with Gasteiger partial charge in [-0.15, -0.1) is 0 Å². The summed E-state index contributed by atoms with van der Waals surface area (Å²) in [4.78, 5) is 13.9. The van der Waals surface area contributed by atoms with Crippen LogP contribution in [-0.4, -0.2) is 19.5 Å². The van der Waals surface area contributed by atoms with Crippen molar-refractivity contribution in [2.75, 3.05) is 18.5 Å². The third-order valence-corrected chi connectivity index (χ3v) is 3.97. The van der Waals surface area contributed by atoms with Crippen molar-refractivity contribution in [2.45, 2.75) is 33.1 Å². The van der Waals surface area contributed by atoms with Crippen molar-refractivity contribution < 1.29 is 4.79 Å². The Kier molecular flexibility index (Phi) is 6.90. The van der Waals surface area contributed by atoms with E-state index in [4.69, 9.17) is 11.0 Å². The Morgan fingerprint density at radius 1 is 1.33 bits per heavy atom. The first kappa shape index (κ1) is 17.2. The fraction of sp³-hybridized carbons (Fsp3) is 0.529. The maximum Gasteiger partial charge on any atom is 0.226 e. The molecule has 0 aliphatic heterocycles. The zero-order valence-electron chi connectivity index (χ0n) is 13.2. The Morgan fingerprint density at radius 2 is 2.00 bits per heavy atom. The van der Waals surface area contributed by atoms with Crippen LogP contribution in [0.5, 0.6) is 0 Å². The number of carbonyl (C=O) groups is 1. The highest BCUT2D eigenvalue weighted by Gasteiger charge is 2.18. The van der Waals surface area contributed by atoms with Gasteiger partial charge >= 0.3 is 0 Å². The molecule has 0 aromatic heterocycles. The van der Waals surface area contributed by atoms with E-state index in [-0.39, 0.29) is 5.91 Å². The molecule has 1 unspecified atom stereocenters. The Labute approximate surface area is 127 Å². The van der Waals surface area contributed by atoms with E-state index in [0.29, 0.717) is 36.1 Å². The lowest BCUT2D eigenvalue weighted by Gasteiger charge is -2.22. The minimum absolute atomic E-state index is 0.0420. The summed E-state index contributed by atoms with van der Waals surface area (Å²) >= 11 is 0. The van der Waals surface area contributed by atoms with Gasteiger partial charge in [-0.1, -0.05) is 26.0 Å². The van der Waals surface area contributed by atoms with E-state index in [9.17, 15) is 4.79 Å². The van der Waals surface area contributed by atoms with Gasteiger partial charge < -0.3 is 10.6 Å². The quantitative estimate of drug-likeness (QED) is 0.838. The Morgan fingerprint density at radius 3 is 2.57 bits per heavy atom. The Hall–Kier alpha value is -1.86. The van der Waals surface area contributed by atoms with Gasteiger partial charge in [0.15, 0.2) is 0 Å². The summed E-state index contributed by atoms with van der Waals surface area (Å²) in [6.07, 6.45) is 2.27. The number of hydrogen-bond acceptors (Lipinski definition) is 3. The second-order valence-corrected chi connectivity index (χ2v) is 5.70. The van der Waals surface area contributed by atoms with Gasteiger partial charge in [0, 0.05) is 13.5 Å². The number of nitrogens with zero attached hydrogens (tertiary/aromatic N) is 2. The average Bonchev–Trinajstić information content (AvgIpc) is 2.49. The molecule has 0 aliphatic rings. The minimum Gasteiger partial charge on any atom is -0.330 e. The van der Waals surface area contributed by atoms with E-state index >= 15 is 0 Å². The molecule has 114 valence electrons. The highest BCUT2D eigenvalue weighted by Crippen LogP contribution is 2.23. The van der Waals surface area contributed by atoms with Gasteiger partial charge in [0.1, 0.15) is 6.07 Å². The Bertz CT molecular complexity index is 505. The molecule has 0 spiro atoms. The summed E-state index contributed by atoms with van der Waals surface area (Å²) in [7, 11) is 1.73. The molecule has 1 amide bonds. The first-order valence-electron chi connectivity index (χ1n) is 7.47. The lowest BCUT2D eigenvalue weighted by molar-refractivity contribution is -0.118. The summed E-state index contributed by atoms with van der Waals surface area (Å²) in [5, 5.41) is 9.11. The molecule has 0 fully saturated rings. The maximum absolute atomic E-state index is 12.3. The molecular formula is C17H25N3O. The molecule has 0 radical (unpaired) electrons. The molecule has 0 saturated carbocycles. The lowest BCUT2D eigenvalue weighted by Crippen LogP contribution is -2.28. The van der Waals surface area contributed by atoms with Crippen molar-refractivity contribution in [1.29, 1.82) is 5.26 Å². The molecule has 1 aromatic carbocycles. The van der Waals surface area contributed by atoms with Gasteiger partial charge in [-0.2, -0.15) is 5.26 Å². The summed E-state index contributed by atoms with van der Waals surface area (Å²) in [5.74, 6) is 1.04. The normalized spacial score (nSPS) is 12.0. The van der Waals surface area contributed by atoms with E-state index in [0.717, 1.165) is 12.8 Å². The van der Waals surface area contributed by atoms with Crippen LogP contribution in [0, 0.1) is 23.2 Å². The Balaban J connectivity index is 2.69. The van der Waals surface area contributed by atoms with E-state index in [2.05, 4.69) is 19.9 Å². The number of para-hydroxylation sites is 1. The fourth-order valence-corrected chi connectivity index (χ4v) is 2.50. The molecule has 21 heavy (non-hydrogen) atoms. The monoisotopic (exact) mass is 287 g/mol. The highest BCUT2D eigenvalue weighted by molar-refractivity contribution is 5.94. The maximum atomic E-state index is 12.3. The third kappa shape index (κ3) is 4.87. The molecule has 2 N–H and O–H groups in total. The summed E-state index contributed by atoms with van der Waals surface area (Å²) < 4.78 is 0. The lowest BCUT2D eigenvalue weighted by atomic mass is 9.88. The molecule has 0 saturated heterocycles. The number of carbonyl (C=O) groups excluding carboxylic acids is 1. The topological polar surface area (TPSA) is 70.1 Å². The van der Waals surface area contributed by atoms with Crippen molar-refractivity contribution in [3.63, 3.8) is 0 Å². The van der Waals surface area contributed by atoms with E-state index in [1.165, 1.54) is 0 Å². The van der Waals surface area contributed by atoms with Crippen LogP contribution in [0.4, 0.5) is 5.69 Å². The van der Waals surface area contributed by atoms with Crippen LogP contribution in [0.2, 0.25) is 0 Å². The first-order valence-corrected chi connectivity index (χ1v) is 7.47. The molecule has 0 bridgehead atoms. The van der Waals surface area contributed by atoms with E-state index < -0.39 is 0 Å². The van der Waals surface area contributed by atoms with E-state index in [1.54, 1.807) is 30.1 Å². The largest absolute Gasteiger partial charge is 0.330 e. The van der Waals surface area contributed by atoms with Gasteiger partial charge in [-0.25, -0.2) is 0 Å². The third-order valence-electron chi connectivity index (χ3n) is 3.97. The van der Waals surface area contributed by atoms with Crippen LogP contribution in [0.1, 0.15) is 38.7 Å². The fourth-order valence-electron chi connectivity index (χ4n) is 2.50. The zero-order chi connectivity index (χ0) is 15.8. The predicted molar refractivity (Wildman–Crippen MR) is 85.8 cm³/mol. The smallest absolute Gasteiger partial charge is 0.226 e. The number of anilines is 1. The van der Waals surface area contributed by atoms with Gasteiger partial charge in [0.25, 0.3) is 0 Å². The van der Waals surface area contributed by atoms with Gasteiger partial charge in [0.05, 0.1) is 11.3 Å². The molecule has 0 aliphatic carbocycles. The van der Waals surface area contributed by atoms with Gasteiger partial charge in [-0.3, -0.25) is 4.79 Å². The summed E-state index contributed by atoms with van der Waals surface area (Å²) in [5.41, 5.74) is 6.83. The number of nitriles is 1. The number of rotatable bonds is 7. The van der Waals surface area contributed by atoms with Crippen molar-refractivity contribution in [1.82, 2.24) is 0 Å². The second-order valence-electron chi connectivity index (χ2n) is 5.70. The van der Waals surface area contributed by atoms with Crippen molar-refractivity contribution >= 4 is 11.6 Å². The molecule has 1 aromatic rings. The molecular weight excluding hydrogens is 262 g/mol. The van der Waals surface area contributed by atoms with Crippen LogP contribution >= 0.6 is 0 Å². The van der Waals surface area contributed by atoms with Gasteiger partial charge in [0.2, 0.25) is 5.91 Å². The number of nitrogens with two attached hydrogens (primary N) is 1. The number of hydrogen-bond donors (Lipinski definition) is 1. The summed E-state index contributed by atoms with van der Waals surface area (Å²) in [6, 6.07) is 9.29. The standard InChI is InChI=1S/C17H25N3O/c1-13(2)14(10-11-18)8-9-17(21)20(3)16-7-5-4-6-15(16)12-19/h4-7,13-14H,8-11,18H2,1-3H3. The first-order chi connectivity index (χ1) is 10.0. The molecule has 4 nitrogen and oxygen atoms in total. The SMILES string of the molecule is CC(C)C(CCN)CCC(=O)N(C)c1ccccc1C#N. The van der Waals surface area contributed by atoms with Crippen LogP contribution in [-0.2, 0) is 4.79 Å². The van der Waals surface area contributed by atoms with Crippen LogP contribution in [0.25, 0.3) is 0 Å². The van der Waals surface area contributed by atoms with Crippen LogP contribution in [0.3, 0.4) is 0 Å². The van der Waals surface area contributed by atoms with Gasteiger partial charge in [-0.05, 0) is 43.4 Å². The number of amides is 1.